The summed E-state index contributed by atoms with van der Waals surface area (Å²) in [5.41, 5.74) is 3.49. The second-order valence-electron chi connectivity index (χ2n) is 6.36. The maximum atomic E-state index is 10.1. The number of anilines is 2. The Morgan fingerprint density at radius 3 is 2.78 bits per heavy atom. The Morgan fingerprint density at radius 1 is 1.26 bits per heavy atom. The minimum absolute atomic E-state index is 0.428. The average Bonchev–Trinajstić information content (AvgIpc) is 3.03. The van der Waals surface area contributed by atoms with E-state index in [0.717, 1.165) is 22.8 Å². The minimum Gasteiger partial charge on any atom is -0.497 e. The van der Waals surface area contributed by atoms with Crippen LogP contribution in [0.5, 0.6) is 5.75 Å². The van der Waals surface area contributed by atoms with E-state index in [0.29, 0.717) is 29.4 Å². The van der Waals surface area contributed by atoms with Crippen molar-refractivity contribution >= 4 is 23.1 Å². The van der Waals surface area contributed by atoms with Crippen LogP contribution < -0.4 is 10.1 Å². The lowest BCUT2D eigenvalue weighted by atomic mass is 10.1. The van der Waals surface area contributed by atoms with Crippen molar-refractivity contribution in [2.45, 2.75) is 32.8 Å². The highest BCUT2D eigenvalue weighted by atomic mass is 35.5. The molecule has 3 rings (SSSR count). The molecule has 2 N–H and O–H groups in total. The van der Waals surface area contributed by atoms with Crippen LogP contribution in [-0.2, 0) is 6.42 Å². The molecule has 0 aliphatic heterocycles. The van der Waals surface area contributed by atoms with Gasteiger partial charge in [0.1, 0.15) is 5.75 Å². The number of hydrogen-bond donors (Lipinski definition) is 2. The third kappa shape index (κ3) is 4.78. The number of aromatic nitrogens is 3. The molecular formula is C20H23ClN4O2. The van der Waals surface area contributed by atoms with Gasteiger partial charge in [0.25, 0.3) is 0 Å². The fourth-order valence-electron chi connectivity index (χ4n) is 2.80. The minimum atomic E-state index is -0.428. The summed E-state index contributed by atoms with van der Waals surface area (Å²) < 4.78 is 7.09. The summed E-state index contributed by atoms with van der Waals surface area (Å²) in [6.07, 6.45) is 2.50. The molecule has 0 amide bonds. The van der Waals surface area contributed by atoms with E-state index in [2.05, 4.69) is 15.4 Å². The van der Waals surface area contributed by atoms with Crippen LogP contribution >= 0.6 is 11.6 Å². The molecule has 27 heavy (non-hydrogen) atoms. The summed E-state index contributed by atoms with van der Waals surface area (Å²) >= 11 is 6.15. The number of halogens is 1. The first kappa shape index (κ1) is 19.2. The zero-order valence-corrected chi connectivity index (χ0v) is 16.4. The summed E-state index contributed by atoms with van der Waals surface area (Å²) in [4.78, 5) is 4.24. The van der Waals surface area contributed by atoms with Crippen molar-refractivity contribution in [3.8, 4) is 11.4 Å². The number of ether oxygens (including phenoxy) is 1. The molecule has 3 aromatic rings. The number of methoxy groups -OCH3 is 1. The second kappa shape index (κ2) is 8.41. The molecule has 7 heteroatoms. The molecule has 2 aromatic heterocycles. The van der Waals surface area contributed by atoms with Gasteiger partial charge in [-0.1, -0.05) is 18.5 Å². The van der Waals surface area contributed by atoms with Crippen molar-refractivity contribution in [3.63, 3.8) is 0 Å². The quantitative estimate of drug-likeness (QED) is 0.633. The smallest absolute Gasteiger partial charge is 0.153 e. The third-order valence-corrected chi connectivity index (χ3v) is 4.42. The van der Waals surface area contributed by atoms with Gasteiger partial charge in [0.15, 0.2) is 5.82 Å². The molecule has 1 aromatic carbocycles. The van der Waals surface area contributed by atoms with Gasteiger partial charge in [-0.2, -0.15) is 0 Å². The number of pyridine rings is 1. The highest BCUT2D eigenvalue weighted by molar-refractivity contribution is 6.31. The number of nitrogens with zero attached hydrogens (tertiary/aromatic N) is 3. The fraction of sp³-hybridized carbons (Fsp3) is 0.300. The molecule has 0 bridgehead atoms. The molecule has 0 aliphatic rings. The van der Waals surface area contributed by atoms with Crippen LogP contribution in [0.3, 0.4) is 0 Å². The number of aliphatic hydroxyl groups is 1. The number of rotatable bonds is 7. The predicted octanol–water partition coefficient (Wildman–Crippen LogP) is 4.29. The largest absolute Gasteiger partial charge is 0.497 e. The molecular weight excluding hydrogens is 364 g/mol. The standard InChI is InChI=1S/C20H23ClN4O2/c1-4-18(26)11-17-12-20(23-15-8-14(21)9-19(10-15)27-3)24-25(17)16-5-6-22-13(2)7-16/h5-10,12,18,26H,4,11H2,1-3H3,(H,23,24)/t18-/m0/s1. The van der Waals surface area contributed by atoms with Gasteiger partial charge in [0.05, 0.1) is 18.9 Å². The first-order valence-corrected chi connectivity index (χ1v) is 9.18. The molecule has 0 fully saturated rings. The van der Waals surface area contributed by atoms with Crippen molar-refractivity contribution in [1.82, 2.24) is 14.8 Å². The molecule has 0 saturated carbocycles. The van der Waals surface area contributed by atoms with E-state index in [1.807, 2.05) is 42.8 Å². The number of nitrogens with one attached hydrogen (secondary N) is 1. The summed E-state index contributed by atoms with van der Waals surface area (Å²) in [5, 5.41) is 18.6. The Balaban J connectivity index is 1.97. The molecule has 2 heterocycles. The molecule has 142 valence electrons. The molecule has 6 nitrogen and oxygen atoms in total. The van der Waals surface area contributed by atoms with Gasteiger partial charge in [0, 0.05) is 46.8 Å². The lowest BCUT2D eigenvalue weighted by Crippen LogP contribution is -2.12. The van der Waals surface area contributed by atoms with E-state index in [1.54, 1.807) is 25.4 Å². The number of hydrogen-bond acceptors (Lipinski definition) is 5. The van der Waals surface area contributed by atoms with E-state index >= 15 is 0 Å². The van der Waals surface area contributed by atoms with Crippen molar-refractivity contribution in [1.29, 1.82) is 0 Å². The van der Waals surface area contributed by atoms with Crippen molar-refractivity contribution in [3.05, 3.63) is 59.0 Å². The van der Waals surface area contributed by atoms with Crippen molar-refractivity contribution in [2.75, 3.05) is 12.4 Å². The van der Waals surface area contributed by atoms with Crippen LogP contribution in [0.2, 0.25) is 5.02 Å². The van der Waals surface area contributed by atoms with E-state index in [4.69, 9.17) is 16.3 Å². The topological polar surface area (TPSA) is 72.2 Å². The van der Waals surface area contributed by atoms with E-state index < -0.39 is 6.10 Å². The van der Waals surface area contributed by atoms with Gasteiger partial charge in [-0.15, -0.1) is 5.10 Å². The molecule has 0 spiro atoms. The first-order chi connectivity index (χ1) is 13.0. The third-order valence-electron chi connectivity index (χ3n) is 4.20. The number of aliphatic hydroxyl groups excluding tert-OH is 1. The zero-order chi connectivity index (χ0) is 19.4. The lowest BCUT2D eigenvalue weighted by Gasteiger charge is -2.10. The van der Waals surface area contributed by atoms with Crippen LogP contribution in [0.4, 0.5) is 11.5 Å². The summed E-state index contributed by atoms with van der Waals surface area (Å²) in [6, 6.07) is 11.2. The summed E-state index contributed by atoms with van der Waals surface area (Å²) in [6.45, 7) is 3.89. The average molecular weight is 387 g/mol. The van der Waals surface area contributed by atoms with Crippen molar-refractivity contribution < 1.29 is 9.84 Å². The molecule has 0 radical (unpaired) electrons. The maximum absolute atomic E-state index is 10.1. The van der Waals surface area contributed by atoms with Gasteiger partial charge in [-0.25, -0.2) is 4.68 Å². The van der Waals surface area contributed by atoms with Gasteiger partial charge >= 0.3 is 0 Å². The van der Waals surface area contributed by atoms with Crippen LogP contribution in [-0.4, -0.2) is 33.1 Å². The van der Waals surface area contributed by atoms with Crippen LogP contribution in [0, 0.1) is 6.92 Å². The SMILES string of the molecule is CC[C@H](O)Cc1cc(Nc2cc(Cl)cc(OC)c2)nn1-c1ccnc(C)c1. The van der Waals surface area contributed by atoms with E-state index in [-0.39, 0.29) is 0 Å². The highest BCUT2D eigenvalue weighted by Gasteiger charge is 2.14. The van der Waals surface area contributed by atoms with Crippen LogP contribution in [0.1, 0.15) is 24.7 Å². The lowest BCUT2D eigenvalue weighted by molar-refractivity contribution is 0.169. The first-order valence-electron chi connectivity index (χ1n) is 8.80. The Labute approximate surface area is 163 Å². The molecule has 0 aliphatic carbocycles. The van der Waals surface area contributed by atoms with E-state index in [9.17, 15) is 5.11 Å². The zero-order valence-electron chi connectivity index (χ0n) is 15.6. The predicted molar refractivity (Wildman–Crippen MR) is 107 cm³/mol. The van der Waals surface area contributed by atoms with Gasteiger partial charge in [-0.05, 0) is 37.6 Å². The van der Waals surface area contributed by atoms with Crippen molar-refractivity contribution in [2.24, 2.45) is 0 Å². The maximum Gasteiger partial charge on any atom is 0.153 e. The summed E-state index contributed by atoms with van der Waals surface area (Å²) in [7, 11) is 1.60. The summed E-state index contributed by atoms with van der Waals surface area (Å²) in [5.74, 6) is 1.32. The number of benzene rings is 1. The monoisotopic (exact) mass is 386 g/mol. The Kier molecular flexibility index (Phi) is 5.98. The van der Waals surface area contributed by atoms with Gasteiger partial charge in [0.2, 0.25) is 0 Å². The fourth-order valence-corrected chi connectivity index (χ4v) is 3.02. The Bertz CT molecular complexity index is 926. The molecule has 0 unspecified atom stereocenters. The molecule has 1 atom stereocenters. The normalized spacial score (nSPS) is 12.0. The van der Waals surface area contributed by atoms with Crippen LogP contribution in [0.15, 0.2) is 42.6 Å². The van der Waals surface area contributed by atoms with Crippen LogP contribution in [0.25, 0.3) is 5.69 Å². The van der Waals surface area contributed by atoms with Gasteiger partial charge < -0.3 is 15.2 Å². The second-order valence-corrected chi connectivity index (χ2v) is 6.80. The van der Waals surface area contributed by atoms with Gasteiger partial charge in [-0.3, -0.25) is 4.98 Å². The number of aryl methyl sites for hydroxylation is 1. The Hall–Kier alpha value is -2.57. The van der Waals surface area contributed by atoms with E-state index in [1.165, 1.54) is 0 Å². The Morgan fingerprint density at radius 2 is 2.07 bits per heavy atom. The molecule has 0 saturated heterocycles. The highest BCUT2D eigenvalue weighted by Crippen LogP contribution is 2.27.